The molecular formula is C20H27NO4. The molecule has 1 aromatic heterocycles. The molecule has 1 unspecified atom stereocenters. The molecule has 25 heavy (non-hydrogen) atoms. The van der Waals surface area contributed by atoms with E-state index >= 15 is 0 Å². The van der Waals surface area contributed by atoms with E-state index < -0.39 is 0 Å². The first-order valence-electron chi connectivity index (χ1n) is 8.62. The number of oxazole rings is 1. The molecule has 0 saturated heterocycles. The van der Waals surface area contributed by atoms with Gasteiger partial charge in [0, 0.05) is 13.3 Å². The van der Waals surface area contributed by atoms with E-state index in [4.69, 9.17) is 9.15 Å². The fraction of sp³-hybridized carbons (Fsp3) is 0.500. The topological polar surface area (TPSA) is 61.6 Å². The average Bonchev–Trinajstić information content (AvgIpc) is 2.96. The molecule has 0 radical (unpaired) electrons. The summed E-state index contributed by atoms with van der Waals surface area (Å²) in [5, 5.41) is 0. The number of aryl methyl sites for hydroxylation is 3. The van der Waals surface area contributed by atoms with Gasteiger partial charge >= 0.3 is 5.97 Å². The van der Waals surface area contributed by atoms with Crippen LogP contribution in [0.1, 0.15) is 67.7 Å². The van der Waals surface area contributed by atoms with Crippen molar-refractivity contribution in [1.82, 2.24) is 4.98 Å². The van der Waals surface area contributed by atoms with E-state index in [2.05, 4.69) is 23.6 Å². The number of nitrogens with zero attached hydrogens (tertiary/aromatic N) is 1. The van der Waals surface area contributed by atoms with Crippen molar-refractivity contribution in [3.8, 4) is 5.75 Å². The van der Waals surface area contributed by atoms with Gasteiger partial charge < -0.3 is 13.9 Å². The molecule has 0 aliphatic carbocycles. The molecule has 136 valence electrons. The second-order valence-corrected chi connectivity index (χ2v) is 6.56. The quantitative estimate of drug-likeness (QED) is 0.683. The summed E-state index contributed by atoms with van der Waals surface area (Å²) in [7, 11) is 1.41. The zero-order chi connectivity index (χ0) is 18.6. The van der Waals surface area contributed by atoms with E-state index in [-0.39, 0.29) is 18.0 Å². The number of rotatable bonds is 7. The number of esters is 1. The first-order chi connectivity index (χ1) is 11.8. The minimum atomic E-state index is -0.223. The standard InChI is InChI=1S/C20H27NO4/c1-12(2)19-20(25-15(5)21-19)14(4)24-17-9-7-16(13(3)11-17)8-10-18(22)23-6/h7,9,11-12,14H,8,10H2,1-6H3. The Morgan fingerprint density at radius 1 is 1.24 bits per heavy atom. The Balaban J connectivity index is 2.10. The molecule has 5 nitrogen and oxygen atoms in total. The minimum absolute atomic E-state index is 0.199. The number of carbonyl (C=O) groups excluding carboxylic acids is 1. The Bertz CT molecular complexity index is 733. The summed E-state index contributed by atoms with van der Waals surface area (Å²) in [5.74, 6) is 2.29. The van der Waals surface area contributed by atoms with Gasteiger partial charge in [0.25, 0.3) is 0 Å². The summed E-state index contributed by atoms with van der Waals surface area (Å²) < 4.78 is 16.5. The van der Waals surface area contributed by atoms with E-state index in [1.54, 1.807) is 0 Å². The zero-order valence-electron chi connectivity index (χ0n) is 15.9. The fourth-order valence-corrected chi connectivity index (χ4v) is 2.78. The van der Waals surface area contributed by atoms with Crippen LogP contribution in [-0.4, -0.2) is 18.1 Å². The molecule has 0 aliphatic heterocycles. The van der Waals surface area contributed by atoms with Crippen LogP contribution in [-0.2, 0) is 16.0 Å². The van der Waals surface area contributed by atoms with E-state index in [0.29, 0.717) is 18.7 Å². The molecule has 0 saturated carbocycles. The van der Waals surface area contributed by atoms with E-state index in [1.807, 2.05) is 39.0 Å². The van der Waals surface area contributed by atoms with Gasteiger partial charge in [-0.1, -0.05) is 19.9 Å². The largest absolute Gasteiger partial charge is 0.483 e. The van der Waals surface area contributed by atoms with Crippen LogP contribution < -0.4 is 4.74 Å². The lowest BCUT2D eigenvalue weighted by Crippen LogP contribution is -2.07. The zero-order valence-corrected chi connectivity index (χ0v) is 15.9. The summed E-state index contributed by atoms with van der Waals surface area (Å²) >= 11 is 0. The smallest absolute Gasteiger partial charge is 0.305 e. The molecular weight excluding hydrogens is 318 g/mol. The third kappa shape index (κ3) is 4.84. The first kappa shape index (κ1) is 19.0. The van der Waals surface area contributed by atoms with Crippen molar-refractivity contribution in [2.45, 2.75) is 59.5 Å². The molecule has 0 spiro atoms. The van der Waals surface area contributed by atoms with Crippen molar-refractivity contribution >= 4 is 5.97 Å². The fourth-order valence-electron chi connectivity index (χ4n) is 2.78. The third-order valence-corrected chi connectivity index (χ3v) is 4.16. The Morgan fingerprint density at radius 2 is 1.96 bits per heavy atom. The Labute approximate surface area is 149 Å². The lowest BCUT2D eigenvalue weighted by molar-refractivity contribution is -0.140. The maximum Gasteiger partial charge on any atom is 0.305 e. The molecule has 2 rings (SSSR count). The second kappa shape index (κ2) is 8.19. The van der Waals surface area contributed by atoms with Gasteiger partial charge in [0.1, 0.15) is 5.75 Å². The number of ether oxygens (including phenoxy) is 2. The van der Waals surface area contributed by atoms with Gasteiger partial charge in [0.05, 0.1) is 12.8 Å². The Kier molecular flexibility index (Phi) is 6.23. The van der Waals surface area contributed by atoms with Crippen LogP contribution in [0.25, 0.3) is 0 Å². The van der Waals surface area contributed by atoms with Gasteiger partial charge in [-0.25, -0.2) is 4.98 Å². The summed E-state index contributed by atoms with van der Waals surface area (Å²) in [6.45, 7) is 10.0. The van der Waals surface area contributed by atoms with Crippen LogP contribution in [0.5, 0.6) is 5.75 Å². The number of benzene rings is 1. The first-order valence-corrected chi connectivity index (χ1v) is 8.62. The summed E-state index contributed by atoms with van der Waals surface area (Å²) in [6.07, 6.45) is 0.815. The molecule has 2 aromatic rings. The summed E-state index contributed by atoms with van der Waals surface area (Å²) in [5.41, 5.74) is 3.15. The third-order valence-electron chi connectivity index (χ3n) is 4.16. The van der Waals surface area contributed by atoms with Gasteiger partial charge in [0.2, 0.25) is 0 Å². The normalized spacial score (nSPS) is 12.3. The predicted molar refractivity (Wildman–Crippen MR) is 95.9 cm³/mol. The molecule has 1 heterocycles. The van der Waals surface area contributed by atoms with Gasteiger partial charge in [-0.2, -0.15) is 0 Å². The van der Waals surface area contributed by atoms with E-state index in [1.165, 1.54) is 7.11 Å². The van der Waals surface area contributed by atoms with Gasteiger partial charge in [-0.3, -0.25) is 4.79 Å². The minimum Gasteiger partial charge on any atom is -0.483 e. The maximum absolute atomic E-state index is 11.3. The molecule has 0 N–H and O–H groups in total. The van der Waals surface area contributed by atoms with Crippen LogP contribution in [0.4, 0.5) is 0 Å². The number of aromatic nitrogens is 1. The van der Waals surface area contributed by atoms with Crippen LogP contribution in [0.3, 0.4) is 0 Å². The van der Waals surface area contributed by atoms with Crippen LogP contribution in [0.15, 0.2) is 22.6 Å². The van der Waals surface area contributed by atoms with E-state index in [9.17, 15) is 4.79 Å². The van der Waals surface area contributed by atoms with Crippen molar-refractivity contribution in [2.24, 2.45) is 0 Å². The number of methoxy groups -OCH3 is 1. The molecule has 0 bridgehead atoms. The highest BCUT2D eigenvalue weighted by Crippen LogP contribution is 2.30. The number of carbonyl (C=O) groups is 1. The molecule has 0 aliphatic rings. The van der Waals surface area contributed by atoms with Crippen molar-refractivity contribution in [3.05, 3.63) is 46.7 Å². The van der Waals surface area contributed by atoms with Crippen molar-refractivity contribution < 1.29 is 18.7 Å². The second-order valence-electron chi connectivity index (χ2n) is 6.56. The lowest BCUT2D eigenvalue weighted by atomic mass is 10.0. The SMILES string of the molecule is COC(=O)CCc1ccc(OC(C)c2oc(C)nc2C(C)C)cc1C. The van der Waals surface area contributed by atoms with Crippen molar-refractivity contribution in [2.75, 3.05) is 7.11 Å². The van der Waals surface area contributed by atoms with Crippen molar-refractivity contribution in [3.63, 3.8) is 0 Å². The molecule has 0 amide bonds. The number of hydrogen-bond acceptors (Lipinski definition) is 5. The van der Waals surface area contributed by atoms with E-state index in [0.717, 1.165) is 28.3 Å². The van der Waals surface area contributed by atoms with Gasteiger partial charge in [-0.15, -0.1) is 0 Å². The highest BCUT2D eigenvalue weighted by Gasteiger charge is 2.21. The van der Waals surface area contributed by atoms with Crippen LogP contribution in [0.2, 0.25) is 0 Å². The molecule has 0 fully saturated rings. The predicted octanol–water partition coefficient (Wildman–Crippen LogP) is 4.66. The summed E-state index contributed by atoms with van der Waals surface area (Å²) in [4.78, 5) is 15.8. The molecule has 1 aromatic carbocycles. The average molecular weight is 345 g/mol. The number of hydrogen-bond donors (Lipinski definition) is 0. The lowest BCUT2D eigenvalue weighted by Gasteiger charge is -2.16. The monoisotopic (exact) mass is 345 g/mol. The Morgan fingerprint density at radius 3 is 2.56 bits per heavy atom. The highest BCUT2D eigenvalue weighted by atomic mass is 16.5. The van der Waals surface area contributed by atoms with Crippen molar-refractivity contribution in [1.29, 1.82) is 0 Å². The highest BCUT2D eigenvalue weighted by molar-refractivity contribution is 5.69. The maximum atomic E-state index is 11.3. The van der Waals surface area contributed by atoms with Crippen LogP contribution >= 0.6 is 0 Å². The van der Waals surface area contributed by atoms with Gasteiger partial charge in [0.15, 0.2) is 17.8 Å². The Hall–Kier alpha value is -2.30. The van der Waals surface area contributed by atoms with Gasteiger partial charge in [-0.05, 0) is 49.4 Å². The van der Waals surface area contributed by atoms with Crippen LogP contribution in [0, 0.1) is 13.8 Å². The summed E-state index contributed by atoms with van der Waals surface area (Å²) in [6, 6.07) is 5.91. The molecule has 5 heteroatoms. The molecule has 1 atom stereocenters.